The Balaban J connectivity index is 0.00000100. The third kappa shape index (κ3) is 3.85. The Kier molecular flexibility index (Phi) is 6.18. The number of fused-ring (bicyclic) bond motifs is 1. The third-order valence-corrected chi connectivity index (χ3v) is 4.05. The van der Waals surface area contributed by atoms with Crippen molar-refractivity contribution in [3.05, 3.63) is 40.4 Å². The minimum atomic E-state index is 0.446. The van der Waals surface area contributed by atoms with Crippen LogP contribution in [0, 0.1) is 11.3 Å². The monoisotopic (exact) mass is 342 g/mol. The number of ether oxygens (including phenoxy) is 1. The third-order valence-electron chi connectivity index (χ3n) is 3.21. The number of hydrogen-bond donors (Lipinski definition) is 2. The lowest BCUT2D eigenvalue weighted by Gasteiger charge is -2.09. The number of pyridine rings is 1. The SMILES string of the molecule is CCOc1c(C#N)cnc2ccc(/C=C3/CN=C(N)S3)cc12.CO. The van der Waals surface area contributed by atoms with Crippen molar-refractivity contribution < 1.29 is 9.84 Å². The summed E-state index contributed by atoms with van der Waals surface area (Å²) < 4.78 is 5.65. The summed E-state index contributed by atoms with van der Waals surface area (Å²) in [6, 6.07) is 8.02. The fraction of sp³-hybridized carbons (Fsp3) is 0.235. The van der Waals surface area contributed by atoms with E-state index in [1.807, 2.05) is 31.2 Å². The van der Waals surface area contributed by atoms with Crippen molar-refractivity contribution in [2.45, 2.75) is 6.92 Å². The quantitative estimate of drug-likeness (QED) is 0.888. The highest BCUT2D eigenvalue weighted by atomic mass is 32.2. The summed E-state index contributed by atoms with van der Waals surface area (Å²) in [5, 5.41) is 17.7. The maximum atomic E-state index is 9.22. The largest absolute Gasteiger partial charge is 0.492 e. The standard InChI is InChI=1S/C16H14N4OS.CH4O/c1-2-21-15-11(7-17)8-19-14-4-3-10(6-13(14)15)5-12-9-20-16(18)22-12;1-2/h3-6,8H,2,9H2,1H3,(H2,18,20);2H,1H3/b12-5-;. The molecule has 0 unspecified atom stereocenters. The predicted molar refractivity (Wildman–Crippen MR) is 97.8 cm³/mol. The molecule has 24 heavy (non-hydrogen) atoms. The molecular weight excluding hydrogens is 324 g/mol. The van der Waals surface area contributed by atoms with Gasteiger partial charge in [0.15, 0.2) is 5.17 Å². The lowest BCUT2D eigenvalue weighted by molar-refractivity contribution is 0.343. The van der Waals surface area contributed by atoms with Gasteiger partial charge in [-0.15, -0.1) is 0 Å². The summed E-state index contributed by atoms with van der Waals surface area (Å²) in [4.78, 5) is 9.56. The Morgan fingerprint density at radius 3 is 2.88 bits per heavy atom. The normalized spacial score (nSPS) is 14.8. The summed E-state index contributed by atoms with van der Waals surface area (Å²) in [5.41, 5.74) is 7.94. The van der Waals surface area contributed by atoms with E-state index >= 15 is 0 Å². The maximum Gasteiger partial charge on any atom is 0.158 e. The number of aliphatic hydroxyl groups is 1. The van der Waals surface area contributed by atoms with Crippen LogP contribution in [0.25, 0.3) is 17.0 Å². The number of aliphatic hydroxyl groups excluding tert-OH is 1. The topological polar surface area (TPSA) is 105 Å². The van der Waals surface area contributed by atoms with Gasteiger partial charge in [-0.3, -0.25) is 9.98 Å². The van der Waals surface area contributed by atoms with Crippen molar-refractivity contribution in [1.82, 2.24) is 4.98 Å². The molecule has 0 bridgehead atoms. The molecule has 6 nitrogen and oxygen atoms in total. The lowest BCUT2D eigenvalue weighted by atomic mass is 10.1. The van der Waals surface area contributed by atoms with Gasteiger partial charge in [-0.1, -0.05) is 17.8 Å². The van der Waals surface area contributed by atoms with E-state index in [2.05, 4.69) is 16.0 Å². The van der Waals surface area contributed by atoms with E-state index in [0.717, 1.165) is 28.5 Å². The van der Waals surface area contributed by atoms with Crippen LogP contribution < -0.4 is 10.5 Å². The average molecular weight is 342 g/mol. The van der Waals surface area contributed by atoms with Crippen LogP contribution in [0.2, 0.25) is 0 Å². The first-order chi connectivity index (χ1) is 11.7. The molecule has 1 aliphatic rings. The van der Waals surface area contributed by atoms with Gasteiger partial charge in [-0.25, -0.2) is 0 Å². The number of nitrogens with zero attached hydrogens (tertiary/aromatic N) is 3. The number of nitriles is 1. The van der Waals surface area contributed by atoms with Crippen LogP contribution >= 0.6 is 11.8 Å². The molecular formula is C17H18N4O2S. The van der Waals surface area contributed by atoms with Gasteiger partial charge < -0.3 is 15.6 Å². The van der Waals surface area contributed by atoms with Crippen molar-refractivity contribution >= 4 is 33.9 Å². The number of thioether (sulfide) groups is 1. The number of nitrogens with two attached hydrogens (primary N) is 1. The predicted octanol–water partition coefficient (Wildman–Crippen LogP) is 2.52. The maximum absolute atomic E-state index is 9.22. The fourth-order valence-corrected chi connectivity index (χ4v) is 2.99. The highest BCUT2D eigenvalue weighted by molar-refractivity contribution is 8.17. The Hall–Kier alpha value is -2.56. The molecule has 0 amide bonds. The molecule has 7 heteroatoms. The second-order valence-corrected chi connectivity index (χ2v) is 5.84. The Labute approximate surface area is 144 Å². The molecule has 0 aliphatic carbocycles. The molecule has 124 valence electrons. The number of aliphatic imine (C=N–C) groups is 1. The van der Waals surface area contributed by atoms with Gasteiger partial charge in [0.2, 0.25) is 0 Å². The van der Waals surface area contributed by atoms with Crippen LogP contribution in [-0.2, 0) is 0 Å². The van der Waals surface area contributed by atoms with Crippen molar-refractivity contribution in [3.8, 4) is 11.8 Å². The smallest absolute Gasteiger partial charge is 0.158 e. The molecule has 0 radical (unpaired) electrons. The van der Waals surface area contributed by atoms with Gasteiger partial charge >= 0.3 is 0 Å². The molecule has 1 aliphatic heterocycles. The highest BCUT2D eigenvalue weighted by Gasteiger charge is 2.12. The first kappa shape index (κ1) is 17.8. The van der Waals surface area contributed by atoms with Crippen LogP contribution in [-0.4, -0.2) is 35.5 Å². The molecule has 0 fully saturated rings. The second kappa shape index (κ2) is 8.34. The number of rotatable bonds is 3. The molecule has 0 spiro atoms. The average Bonchev–Trinajstić information content (AvgIpc) is 3.02. The summed E-state index contributed by atoms with van der Waals surface area (Å²) >= 11 is 1.48. The molecule has 1 aromatic heterocycles. The van der Waals surface area contributed by atoms with E-state index in [4.69, 9.17) is 15.6 Å². The molecule has 0 atom stereocenters. The molecule has 2 heterocycles. The minimum absolute atomic E-state index is 0.446. The van der Waals surface area contributed by atoms with Crippen molar-refractivity contribution in [2.24, 2.45) is 10.7 Å². The van der Waals surface area contributed by atoms with Crippen molar-refractivity contribution in [1.29, 1.82) is 5.26 Å². The van der Waals surface area contributed by atoms with Gasteiger partial charge in [0.1, 0.15) is 17.4 Å². The molecule has 3 rings (SSSR count). The van der Waals surface area contributed by atoms with E-state index in [9.17, 15) is 5.26 Å². The van der Waals surface area contributed by atoms with E-state index in [0.29, 0.717) is 29.6 Å². The van der Waals surface area contributed by atoms with E-state index in [-0.39, 0.29) is 0 Å². The number of aromatic nitrogens is 1. The first-order valence-electron chi connectivity index (χ1n) is 7.30. The zero-order chi connectivity index (χ0) is 17.5. The highest BCUT2D eigenvalue weighted by Crippen LogP contribution is 2.31. The van der Waals surface area contributed by atoms with Crippen LogP contribution in [0.15, 0.2) is 34.3 Å². The number of amidine groups is 1. The lowest BCUT2D eigenvalue weighted by Crippen LogP contribution is -2.00. The van der Waals surface area contributed by atoms with Crippen LogP contribution in [0.1, 0.15) is 18.1 Å². The molecule has 3 N–H and O–H groups in total. The molecule has 2 aromatic rings. The molecule has 1 aromatic carbocycles. The van der Waals surface area contributed by atoms with Gasteiger partial charge in [-0.2, -0.15) is 5.26 Å². The van der Waals surface area contributed by atoms with Crippen LogP contribution in [0.3, 0.4) is 0 Å². The van der Waals surface area contributed by atoms with Gasteiger partial charge in [0.05, 0.1) is 18.7 Å². The number of benzene rings is 1. The van der Waals surface area contributed by atoms with Crippen LogP contribution in [0.4, 0.5) is 0 Å². The first-order valence-corrected chi connectivity index (χ1v) is 8.11. The summed E-state index contributed by atoms with van der Waals surface area (Å²) in [6.45, 7) is 3.01. The van der Waals surface area contributed by atoms with Gasteiger partial charge in [0, 0.05) is 23.6 Å². The summed E-state index contributed by atoms with van der Waals surface area (Å²) in [6.07, 6.45) is 3.59. The Morgan fingerprint density at radius 2 is 2.25 bits per heavy atom. The Bertz CT molecular complexity index is 840. The minimum Gasteiger partial charge on any atom is -0.492 e. The van der Waals surface area contributed by atoms with E-state index in [1.54, 1.807) is 6.20 Å². The van der Waals surface area contributed by atoms with Crippen molar-refractivity contribution in [2.75, 3.05) is 20.3 Å². The molecule has 0 saturated heterocycles. The zero-order valence-electron chi connectivity index (χ0n) is 13.5. The summed E-state index contributed by atoms with van der Waals surface area (Å²) in [5.74, 6) is 0.588. The van der Waals surface area contributed by atoms with Crippen molar-refractivity contribution in [3.63, 3.8) is 0 Å². The van der Waals surface area contributed by atoms with Crippen LogP contribution in [0.5, 0.6) is 5.75 Å². The Morgan fingerprint density at radius 1 is 1.46 bits per heavy atom. The molecule has 0 saturated carbocycles. The van der Waals surface area contributed by atoms with E-state index in [1.165, 1.54) is 11.8 Å². The van der Waals surface area contributed by atoms with E-state index < -0.39 is 0 Å². The zero-order valence-corrected chi connectivity index (χ0v) is 14.3. The second-order valence-electron chi connectivity index (χ2n) is 4.69. The van der Waals surface area contributed by atoms with Gasteiger partial charge in [0.25, 0.3) is 0 Å². The summed E-state index contributed by atoms with van der Waals surface area (Å²) in [7, 11) is 1.00. The number of hydrogen-bond acceptors (Lipinski definition) is 7. The van der Waals surface area contributed by atoms with Gasteiger partial charge in [-0.05, 0) is 30.7 Å². The fourth-order valence-electron chi connectivity index (χ4n) is 2.27.